The lowest BCUT2D eigenvalue weighted by molar-refractivity contribution is 0.476. The zero-order valence-electron chi connectivity index (χ0n) is 9.77. The molecule has 84 valence electrons. The molecule has 0 unspecified atom stereocenters. The molecule has 1 N–H and O–H groups in total. The number of benzene rings is 2. The van der Waals surface area contributed by atoms with Crippen LogP contribution < -0.4 is 4.90 Å². The van der Waals surface area contributed by atoms with Crippen molar-refractivity contribution in [2.45, 2.75) is 13.8 Å². The molecule has 16 heavy (non-hydrogen) atoms. The monoisotopic (exact) mass is 215 g/mol. The molecule has 0 fully saturated rings. The van der Waals surface area contributed by atoms with Gasteiger partial charge in [-0.1, -0.05) is 12.1 Å². The molecule has 0 bridgehead atoms. The zero-order valence-corrected chi connectivity index (χ0v) is 9.77. The molecule has 0 amide bonds. The number of hydrogen-bond donors (Lipinski definition) is 1. The van der Waals surface area contributed by atoms with Gasteiger partial charge in [0.1, 0.15) is 5.75 Å². The lowest BCUT2D eigenvalue weighted by Gasteiger charge is -2.22. The highest BCUT2D eigenvalue weighted by atomic mass is 16.3. The van der Waals surface area contributed by atoms with Gasteiger partial charge in [-0.15, -0.1) is 0 Å². The van der Waals surface area contributed by atoms with E-state index >= 15 is 0 Å². The number of hydrogen-bond acceptors (Lipinski definition) is 2. The molecule has 0 aliphatic heterocycles. The van der Waals surface area contributed by atoms with Gasteiger partial charge in [0, 0.05) is 24.2 Å². The molecule has 2 aromatic carbocycles. The van der Waals surface area contributed by atoms with Crippen LogP contribution in [-0.4, -0.2) is 18.2 Å². The van der Waals surface area contributed by atoms with Crippen LogP contribution in [0.4, 0.5) is 5.69 Å². The minimum absolute atomic E-state index is 0.323. The second-order valence-electron chi connectivity index (χ2n) is 3.85. The van der Waals surface area contributed by atoms with Crippen LogP contribution in [0.2, 0.25) is 0 Å². The Kier molecular flexibility index (Phi) is 3.00. The van der Waals surface area contributed by atoms with Gasteiger partial charge in [-0.25, -0.2) is 0 Å². The van der Waals surface area contributed by atoms with E-state index in [1.807, 2.05) is 24.3 Å². The fraction of sp³-hybridized carbons (Fsp3) is 0.286. The minimum Gasteiger partial charge on any atom is -0.508 e. The van der Waals surface area contributed by atoms with Gasteiger partial charge < -0.3 is 10.0 Å². The first-order chi connectivity index (χ1) is 7.76. The number of phenols is 1. The van der Waals surface area contributed by atoms with E-state index in [1.54, 1.807) is 6.07 Å². The normalized spacial score (nSPS) is 10.6. The van der Waals surface area contributed by atoms with Crippen LogP contribution in [0.3, 0.4) is 0 Å². The Labute approximate surface area is 96.1 Å². The maximum atomic E-state index is 9.46. The summed E-state index contributed by atoms with van der Waals surface area (Å²) in [5.74, 6) is 0.323. The molecule has 2 heteroatoms. The van der Waals surface area contributed by atoms with Crippen molar-refractivity contribution in [2.75, 3.05) is 18.0 Å². The van der Waals surface area contributed by atoms with E-state index in [1.165, 1.54) is 11.1 Å². The van der Waals surface area contributed by atoms with Crippen molar-refractivity contribution in [1.29, 1.82) is 0 Å². The predicted molar refractivity (Wildman–Crippen MR) is 69.2 cm³/mol. The number of fused-ring (bicyclic) bond motifs is 1. The molecule has 0 aliphatic rings. The van der Waals surface area contributed by atoms with Crippen LogP contribution >= 0.6 is 0 Å². The van der Waals surface area contributed by atoms with Gasteiger partial charge in [-0.2, -0.15) is 0 Å². The van der Waals surface area contributed by atoms with Crippen LogP contribution in [0.1, 0.15) is 13.8 Å². The quantitative estimate of drug-likeness (QED) is 0.848. The smallest absolute Gasteiger partial charge is 0.116 e. The minimum atomic E-state index is 0.323. The van der Waals surface area contributed by atoms with E-state index in [0.717, 1.165) is 18.5 Å². The first-order valence-electron chi connectivity index (χ1n) is 5.73. The Balaban J connectivity index is 2.61. The first kappa shape index (κ1) is 10.8. The maximum Gasteiger partial charge on any atom is 0.116 e. The van der Waals surface area contributed by atoms with Gasteiger partial charge in [0.05, 0.1) is 0 Å². The maximum absolute atomic E-state index is 9.46. The predicted octanol–water partition coefficient (Wildman–Crippen LogP) is 3.39. The molecule has 2 aromatic rings. The summed E-state index contributed by atoms with van der Waals surface area (Å²) in [6.07, 6.45) is 0. The van der Waals surface area contributed by atoms with Crippen LogP contribution in [0.25, 0.3) is 10.8 Å². The Morgan fingerprint density at radius 1 is 1.06 bits per heavy atom. The lowest BCUT2D eigenvalue weighted by atomic mass is 10.1. The number of phenolic OH excluding ortho intramolecular Hbond substituents is 1. The van der Waals surface area contributed by atoms with Crippen molar-refractivity contribution < 1.29 is 5.11 Å². The zero-order chi connectivity index (χ0) is 11.5. The summed E-state index contributed by atoms with van der Waals surface area (Å²) in [5, 5.41) is 11.7. The van der Waals surface area contributed by atoms with E-state index in [0.29, 0.717) is 5.75 Å². The fourth-order valence-corrected chi connectivity index (χ4v) is 2.09. The Morgan fingerprint density at radius 3 is 2.50 bits per heavy atom. The van der Waals surface area contributed by atoms with E-state index in [-0.39, 0.29) is 0 Å². The van der Waals surface area contributed by atoms with E-state index in [2.05, 4.69) is 24.8 Å². The number of anilines is 1. The van der Waals surface area contributed by atoms with Gasteiger partial charge in [0.25, 0.3) is 0 Å². The molecule has 2 rings (SSSR count). The highest BCUT2D eigenvalue weighted by Gasteiger charge is 2.06. The van der Waals surface area contributed by atoms with Crippen LogP contribution in [0.15, 0.2) is 36.4 Å². The highest BCUT2D eigenvalue weighted by molar-refractivity contribution is 5.95. The fourth-order valence-electron chi connectivity index (χ4n) is 2.09. The summed E-state index contributed by atoms with van der Waals surface area (Å²) in [7, 11) is 0. The SMILES string of the molecule is CCN(CC)c1cccc2cc(O)ccc12. The summed E-state index contributed by atoms with van der Waals surface area (Å²) >= 11 is 0. The van der Waals surface area contributed by atoms with Gasteiger partial charge in [0.2, 0.25) is 0 Å². The first-order valence-corrected chi connectivity index (χ1v) is 5.73. The highest BCUT2D eigenvalue weighted by Crippen LogP contribution is 2.28. The Morgan fingerprint density at radius 2 is 1.81 bits per heavy atom. The number of rotatable bonds is 3. The van der Waals surface area contributed by atoms with Crippen LogP contribution in [-0.2, 0) is 0 Å². The van der Waals surface area contributed by atoms with Gasteiger partial charge in [0.15, 0.2) is 0 Å². The van der Waals surface area contributed by atoms with Crippen molar-refractivity contribution in [1.82, 2.24) is 0 Å². The molecule has 0 saturated carbocycles. The molecule has 0 atom stereocenters. The number of aromatic hydroxyl groups is 1. The lowest BCUT2D eigenvalue weighted by Crippen LogP contribution is -2.21. The van der Waals surface area contributed by atoms with E-state index in [4.69, 9.17) is 0 Å². The summed E-state index contributed by atoms with van der Waals surface area (Å²) in [5.41, 5.74) is 1.24. The third-order valence-electron chi connectivity index (χ3n) is 2.95. The third-order valence-corrected chi connectivity index (χ3v) is 2.95. The summed E-state index contributed by atoms with van der Waals surface area (Å²) in [4.78, 5) is 2.32. The topological polar surface area (TPSA) is 23.5 Å². The van der Waals surface area contributed by atoms with Crippen molar-refractivity contribution in [2.24, 2.45) is 0 Å². The van der Waals surface area contributed by atoms with Crippen molar-refractivity contribution in [3.05, 3.63) is 36.4 Å². The van der Waals surface area contributed by atoms with Gasteiger partial charge in [-0.3, -0.25) is 0 Å². The molecule has 0 spiro atoms. The van der Waals surface area contributed by atoms with Crippen molar-refractivity contribution in [3.63, 3.8) is 0 Å². The van der Waals surface area contributed by atoms with Gasteiger partial charge >= 0.3 is 0 Å². The molecular formula is C14H17NO. The Hall–Kier alpha value is -1.70. The van der Waals surface area contributed by atoms with Gasteiger partial charge in [-0.05, 0) is 43.5 Å². The third kappa shape index (κ3) is 1.83. The average molecular weight is 215 g/mol. The van der Waals surface area contributed by atoms with Crippen molar-refractivity contribution >= 4 is 16.5 Å². The second-order valence-corrected chi connectivity index (χ2v) is 3.85. The molecule has 0 aliphatic carbocycles. The molecule has 2 nitrogen and oxygen atoms in total. The Bertz CT molecular complexity index is 489. The molecular weight excluding hydrogens is 198 g/mol. The molecule has 0 radical (unpaired) electrons. The molecule has 0 aromatic heterocycles. The number of nitrogens with zero attached hydrogens (tertiary/aromatic N) is 1. The summed E-state index contributed by atoms with van der Waals surface area (Å²) in [6.45, 7) is 6.30. The van der Waals surface area contributed by atoms with Crippen LogP contribution in [0, 0.1) is 0 Å². The summed E-state index contributed by atoms with van der Waals surface area (Å²) < 4.78 is 0. The summed E-state index contributed by atoms with van der Waals surface area (Å²) in [6, 6.07) is 11.7. The van der Waals surface area contributed by atoms with E-state index in [9.17, 15) is 5.11 Å². The second kappa shape index (κ2) is 4.44. The average Bonchev–Trinajstić information content (AvgIpc) is 2.30. The van der Waals surface area contributed by atoms with E-state index < -0.39 is 0 Å². The van der Waals surface area contributed by atoms with Crippen molar-refractivity contribution in [3.8, 4) is 5.75 Å². The van der Waals surface area contributed by atoms with Crippen LogP contribution in [0.5, 0.6) is 5.75 Å². The largest absolute Gasteiger partial charge is 0.508 e. The molecule has 0 saturated heterocycles. The standard InChI is InChI=1S/C14H17NO/c1-3-15(4-2)14-7-5-6-11-10-12(16)8-9-13(11)14/h5-10,16H,3-4H2,1-2H3. The molecule has 0 heterocycles.